The maximum atomic E-state index is 9.23. The summed E-state index contributed by atoms with van der Waals surface area (Å²) in [7, 11) is 2.05. The highest BCUT2D eigenvalue weighted by Crippen LogP contribution is 2.35. The lowest BCUT2D eigenvalue weighted by atomic mass is 9.99. The van der Waals surface area contributed by atoms with Gasteiger partial charge in [-0.3, -0.25) is 0 Å². The summed E-state index contributed by atoms with van der Waals surface area (Å²) in [6.07, 6.45) is 2.05. The molecule has 0 N–H and O–H groups in total. The minimum absolute atomic E-state index is 0.660. The minimum Gasteiger partial charge on any atom is -0.456 e. The van der Waals surface area contributed by atoms with E-state index < -0.39 is 0 Å². The molecule has 3 nitrogen and oxygen atoms in total. The lowest BCUT2D eigenvalue weighted by molar-refractivity contribution is -0.660. The molecule has 2 heterocycles. The molecule has 4 rings (SSSR count). The molecule has 0 bridgehead atoms. The van der Waals surface area contributed by atoms with Crippen molar-refractivity contribution in [1.29, 1.82) is 5.26 Å². The number of nitriles is 1. The van der Waals surface area contributed by atoms with E-state index in [0.29, 0.717) is 5.56 Å². The number of fused-ring (bicyclic) bond motifs is 3. The van der Waals surface area contributed by atoms with Crippen LogP contribution in [0, 0.1) is 25.2 Å². The minimum atomic E-state index is 0.660. The van der Waals surface area contributed by atoms with E-state index in [4.69, 9.17) is 4.42 Å². The van der Waals surface area contributed by atoms with Crippen LogP contribution in [0.25, 0.3) is 33.2 Å². The van der Waals surface area contributed by atoms with Gasteiger partial charge in [-0.15, -0.1) is 0 Å². The summed E-state index contributed by atoms with van der Waals surface area (Å²) >= 11 is 0. The summed E-state index contributed by atoms with van der Waals surface area (Å²) in [5, 5.41) is 11.4. The van der Waals surface area contributed by atoms with E-state index in [1.54, 1.807) is 0 Å². The number of aromatic nitrogens is 1. The Hall–Kier alpha value is -3.12. The molecule has 0 unspecified atom stereocenters. The summed E-state index contributed by atoms with van der Waals surface area (Å²) in [5.74, 6) is 0. The van der Waals surface area contributed by atoms with Gasteiger partial charge in [-0.05, 0) is 55.3 Å². The quantitative estimate of drug-likeness (QED) is 0.483. The lowest BCUT2D eigenvalue weighted by Gasteiger charge is -2.04. The van der Waals surface area contributed by atoms with Crippen LogP contribution in [0.1, 0.15) is 16.7 Å². The lowest BCUT2D eigenvalue weighted by Crippen LogP contribution is -2.30. The molecule has 0 saturated heterocycles. The maximum absolute atomic E-state index is 9.23. The van der Waals surface area contributed by atoms with Crippen LogP contribution in [0.15, 0.2) is 53.1 Å². The van der Waals surface area contributed by atoms with Gasteiger partial charge in [0.1, 0.15) is 18.2 Å². The predicted molar refractivity (Wildman–Crippen MR) is 94.5 cm³/mol. The molecule has 0 radical (unpaired) electrons. The van der Waals surface area contributed by atoms with Crippen LogP contribution in [-0.2, 0) is 7.05 Å². The second-order valence-corrected chi connectivity index (χ2v) is 6.24. The topological polar surface area (TPSA) is 40.8 Å². The van der Waals surface area contributed by atoms with Crippen LogP contribution in [0.4, 0.5) is 0 Å². The molecule has 0 aliphatic rings. The maximum Gasteiger partial charge on any atom is 0.212 e. The fraction of sp³-hybridized carbons (Fsp3) is 0.143. The van der Waals surface area contributed by atoms with Crippen molar-refractivity contribution in [3.63, 3.8) is 0 Å². The van der Waals surface area contributed by atoms with Gasteiger partial charge in [0, 0.05) is 28.5 Å². The largest absolute Gasteiger partial charge is 0.456 e. The first-order valence-corrected chi connectivity index (χ1v) is 7.91. The van der Waals surface area contributed by atoms with Crippen molar-refractivity contribution in [3.05, 3.63) is 65.4 Å². The third-order valence-electron chi connectivity index (χ3n) is 4.61. The first-order chi connectivity index (χ1) is 11.6. The van der Waals surface area contributed by atoms with Crippen LogP contribution in [0.2, 0.25) is 0 Å². The van der Waals surface area contributed by atoms with Crippen LogP contribution in [0.3, 0.4) is 0 Å². The molecular formula is C21H17N2O+. The predicted octanol–water partition coefficient (Wildman–Crippen LogP) is 4.57. The number of hydrogen-bond acceptors (Lipinski definition) is 2. The van der Waals surface area contributed by atoms with Gasteiger partial charge in [-0.25, -0.2) is 4.57 Å². The van der Waals surface area contributed by atoms with Crippen LogP contribution in [0.5, 0.6) is 0 Å². The van der Waals surface area contributed by atoms with E-state index in [-0.39, 0.29) is 0 Å². The van der Waals surface area contributed by atoms with Gasteiger partial charge in [-0.1, -0.05) is 0 Å². The highest BCUT2D eigenvalue weighted by Gasteiger charge is 2.16. The van der Waals surface area contributed by atoms with Gasteiger partial charge >= 0.3 is 0 Å². The monoisotopic (exact) mass is 313 g/mol. The van der Waals surface area contributed by atoms with Gasteiger partial charge in [0.15, 0.2) is 6.20 Å². The van der Waals surface area contributed by atoms with E-state index in [1.807, 2.05) is 25.1 Å². The Morgan fingerprint density at radius 3 is 2.46 bits per heavy atom. The number of rotatable bonds is 1. The van der Waals surface area contributed by atoms with E-state index >= 15 is 0 Å². The van der Waals surface area contributed by atoms with E-state index in [2.05, 4.69) is 55.1 Å². The number of nitrogens with zero attached hydrogens (tertiary/aromatic N) is 2. The van der Waals surface area contributed by atoms with Crippen molar-refractivity contribution < 1.29 is 8.98 Å². The molecule has 3 heteroatoms. The van der Waals surface area contributed by atoms with Crippen molar-refractivity contribution in [2.24, 2.45) is 7.05 Å². The van der Waals surface area contributed by atoms with E-state index in [0.717, 1.165) is 33.2 Å². The SMILES string of the molecule is Cc1cc2c(cc1C#N)oc1cc(C)c(-c3cccc[n+]3C)cc12. The number of furan rings is 1. The molecule has 0 atom stereocenters. The van der Waals surface area contributed by atoms with Crippen molar-refractivity contribution in [2.45, 2.75) is 13.8 Å². The second kappa shape index (κ2) is 5.21. The zero-order valence-electron chi connectivity index (χ0n) is 13.9. The van der Waals surface area contributed by atoms with Crippen LogP contribution < -0.4 is 4.57 Å². The summed E-state index contributed by atoms with van der Waals surface area (Å²) in [4.78, 5) is 0. The number of aryl methyl sites for hydroxylation is 3. The number of pyridine rings is 1. The van der Waals surface area contributed by atoms with Crippen molar-refractivity contribution in [3.8, 4) is 17.3 Å². The molecule has 2 aromatic heterocycles. The highest BCUT2D eigenvalue weighted by atomic mass is 16.3. The van der Waals surface area contributed by atoms with Crippen molar-refractivity contribution in [1.82, 2.24) is 0 Å². The molecular weight excluding hydrogens is 296 g/mol. The normalized spacial score (nSPS) is 11.1. The summed E-state index contributed by atoms with van der Waals surface area (Å²) in [6.45, 7) is 4.06. The first-order valence-electron chi connectivity index (χ1n) is 7.91. The average molecular weight is 313 g/mol. The van der Waals surface area contributed by atoms with Gasteiger partial charge in [0.25, 0.3) is 0 Å². The molecule has 0 amide bonds. The Balaban J connectivity index is 2.07. The summed E-state index contributed by atoms with van der Waals surface area (Å²) in [6, 6.07) is 16.6. The molecule has 24 heavy (non-hydrogen) atoms. The fourth-order valence-electron chi connectivity index (χ4n) is 3.28. The smallest absolute Gasteiger partial charge is 0.212 e. The fourth-order valence-corrected chi connectivity index (χ4v) is 3.28. The molecule has 0 spiro atoms. The summed E-state index contributed by atoms with van der Waals surface area (Å²) < 4.78 is 8.11. The Labute approximate surface area is 140 Å². The van der Waals surface area contributed by atoms with Crippen molar-refractivity contribution in [2.75, 3.05) is 0 Å². The molecule has 4 aromatic rings. The molecule has 0 saturated carbocycles. The first kappa shape index (κ1) is 14.5. The Kier molecular flexibility index (Phi) is 3.14. The molecule has 2 aromatic carbocycles. The molecule has 0 aliphatic heterocycles. The Bertz CT molecular complexity index is 1150. The highest BCUT2D eigenvalue weighted by molar-refractivity contribution is 6.07. The van der Waals surface area contributed by atoms with E-state index in [1.165, 1.54) is 11.1 Å². The number of benzene rings is 2. The third-order valence-corrected chi connectivity index (χ3v) is 4.61. The Morgan fingerprint density at radius 2 is 1.71 bits per heavy atom. The average Bonchev–Trinajstić information content (AvgIpc) is 2.90. The standard InChI is InChI=1S/C21H17N2O/c1-13-8-17-18-11-16(19-6-4-5-7-23(19)3)14(2)9-20(18)24-21(17)10-15(13)12-22/h4-11H,1-3H3/q+1. The molecule has 116 valence electrons. The number of hydrogen-bond donors (Lipinski definition) is 0. The Morgan fingerprint density at radius 1 is 0.958 bits per heavy atom. The zero-order valence-corrected chi connectivity index (χ0v) is 13.9. The van der Waals surface area contributed by atoms with Gasteiger partial charge < -0.3 is 4.42 Å². The molecule has 0 fully saturated rings. The van der Waals surface area contributed by atoms with Crippen LogP contribution >= 0.6 is 0 Å². The molecule has 0 aliphatic carbocycles. The van der Waals surface area contributed by atoms with Gasteiger partial charge in [0.2, 0.25) is 5.69 Å². The second-order valence-electron chi connectivity index (χ2n) is 6.24. The third kappa shape index (κ3) is 2.08. The van der Waals surface area contributed by atoms with Crippen molar-refractivity contribution >= 4 is 21.9 Å². The van der Waals surface area contributed by atoms with Gasteiger partial charge in [-0.2, -0.15) is 5.26 Å². The van der Waals surface area contributed by atoms with E-state index in [9.17, 15) is 5.26 Å². The van der Waals surface area contributed by atoms with Gasteiger partial charge in [0.05, 0.1) is 11.6 Å². The zero-order chi connectivity index (χ0) is 16.8. The van der Waals surface area contributed by atoms with Crippen LogP contribution in [-0.4, -0.2) is 0 Å². The summed E-state index contributed by atoms with van der Waals surface area (Å²) in [5.41, 5.74) is 6.78.